The summed E-state index contributed by atoms with van der Waals surface area (Å²) in [6.45, 7) is 0. The normalized spacial score (nSPS) is 12.2. The van der Waals surface area contributed by atoms with Gasteiger partial charge in [0.2, 0.25) is 0 Å². The van der Waals surface area contributed by atoms with Gasteiger partial charge in [0.15, 0.2) is 0 Å². The van der Waals surface area contributed by atoms with Gasteiger partial charge >= 0.3 is 16.4 Å². The summed E-state index contributed by atoms with van der Waals surface area (Å²) in [6, 6.07) is 7.82. The largest absolute Gasteiger partial charge is 0.480 e. The van der Waals surface area contributed by atoms with Crippen molar-refractivity contribution in [3.05, 3.63) is 35.9 Å². The standard InChI is InChI=1S/C8H9NO2.H2O4S/c9-7(8(10)11)6-4-2-1-3-5-6;1-5(2,3)4/h1-5,7H,9H2,(H,10,11);(H2,1,2,3,4). The van der Waals surface area contributed by atoms with Gasteiger partial charge in [-0.25, -0.2) is 0 Å². The molecule has 0 saturated heterocycles. The van der Waals surface area contributed by atoms with Crippen molar-refractivity contribution in [3.8, 4) is 0 Å². The Morgan fingerprint density at radius 1 is 1.19 bits per heavy atom. The minimum atomic E-state index is -4.67. The molecule has 1 rings (SSSR count). The molecule has 1 atom stereocenters. The third-order valence-corrected chi connectivity index (χ3v) is 1.42. The van der Waals surface area contributed by atoms with Gasteiger partial charge in [-0.2, -0.15) is 8.42 Å². The molecular formula is C8H11NO6S. The fraction of sp³-hybridized carbons (Fsp3) is 0.125. The molecule has 0 aromatic heterocycles. The Morgan fingerprint density at radius 2 is 1.56 bits per heavy atom. The Labute approximate surface area is 92.1 Å². The maximum atomic E-state index is 10.4. The number of nitrogens with two attached hydrogens (primary N) is 1. The van der Waals surface area contributed by atoms with Crippen LogP contribution in [0.3, 0.4) is 0 Å². The molecular weight excluding hydrogens is 238 g/mol. The van der Waals surface area contributed by atoms with E-state index in [9.17, 15) is 4.79 Å². The quantitative estimate of drug-likeness (QED) is 0.546. The molecule has 8 heteroatoms. The van der Waals surface area contributed by atoms with Crippen LogP contribution in [0.5, 0.6) is 0 Å². The van der Waals surface area contributed by atoms with Gasteiger partial charge in [-0.1, -0.05) is 30.3 Å². The Morgan fingerprint density at radius 3 is 1.88 bits per heavy atom. The van der Waals surface area contributed by atoms with E-state index in [-0.39, 0.29) is 0 Å². The van der Waals surface area contributed by atoms with Crippen LogP contribution < -0.4 is 5.73 Å². The Balaban J connectivity index is 0.000000385. The summed E-state index contributed by atoms with van der Waals surface area (Å²) >= 11 is 0. The first-order valence-electron chi connectivity index (χ1n) is 3.95. The lowest BCUT2D eigenvalue weighted by Gasteiger charge is -2.04. The molecule has 0 aliphatic carbocycles. The number of hydrogen-bond acceptors (Lipinski definition) is 4. The minimum absolute atomic E-state index is 0.625. The maximum Gasteiger partial charge on any atom is 0.394 e. The molecule has 0 aliphatic rings. The number of carboxylic acid groups (broad SMARTS) is 1. The van der Waals surface area contributed by atoms with Crippen molar-refractivity contribution in [2.45, 2.75) is 6.04 Å². The lowest BCUT2D eigenvalue weighted by molar-refractivity contribution is -0.138. The summed E-state index contributed by atoms with van der Waals surface area (Å²) in [7, 11) is -4.67. The Bertz CT molecular complexity index is 421. The van der Waals surface area contributed by atoms with E-state index in [1.807, 2.05) is 6.07 Å². The Hall–Kier alpha value is -1.48. The average Bonchev–Trinajstić information content (AvgIpc) is 2.15. The molecule has 0 spiro atoms. The highest BCUT2D eigenvalue weighted by atomic mass is 32.3. The number of benzene rings is 1. The average molecular weight is 249 g/mol. The van der Waals surface area contributed by atoms with Gasteiger partial charge in [-0.3, -0.25) is 13.9 Å². The van der Waals surface area contributed by atoms with E-state index >= 15 is 0 Å². The van der Waals surface area contributed by atoms with Gasteiger partial charge in [-0.15, -0.1) is 0 Å². The SMILES string of the molecule is NC(C(=O)O)c1ccccc1.O=S(=O)(O)O. The van der Waals surface area contributed by atoms with E-state index in [0.29, 0.717) is 5.56 Å². The van der Waals surface area contributed by atoms with Crippen LogP contribution in [0.15, 0.2) is 30.3 Å². The smallest absolute Gasteiger partial charge is 0.394 e. The third kappa shape index (κ3) is 7.88. The zero-order valence-corrected chi connectivity index (χ0v) is 8.83. The van der Waals surface area contributed by atoms with Gasteiger partial charge in [0.1, 0.15) is 6.04 Å². The van der Waals surface area contributed by atoms with E-state index in [2.05, 4.69) is 0 Å². The second-order valence-corrected chi connectivity index (χ2v) is 3.57. The van der Waals surface area contributed by atoms with E-state index in [1.54, 1.807) is 24.3 Å². The second-order valence-electron chi connectivity index (χ2n) is 2.67. The van der Waals surface area contributed by atoms with Crippen molar-refractivity contribution in [1.29, 1.82) is 0 Å². The zero-order chi connectivity index (χ0) is 12.8. The van der Waals surface area contributed by atoms with E-state index in [0.717, 1.165) is 0 Å². The fourth-order valence-electron chi connectivity index (χ4n) is 0.803. The zero-order valence-electron chi connectivity index (χ0n) is 8.02. The van der Waals surface area contributed by atoms with Crippen molar-refractivity contribution >= 4 is 16.4 Å². The van der Waals surface area contributed by atoms with Gasteiger partial charge in [0, 0.05) is 0 Å². The molecule has 1 unspecified atom stereocenters. The van der Waals surface area contributed by atoms with E-state index in [1.165, 1.54) is 0 Å². The van der Waals surface area contributed by atoms with Crippen LogP contribution in [-0.4, -0.2) is 28.6 Å². The highest BCUT2D eigenvalue weighted by Gasteiger charge is 2.12. The maximum absolute atomic E-state index is 10.4. The molecule has 5 N–H and O–H groups in total. The number of hydrogen-bond donors (Lipinski definition) is 4. The number of aliphatic carboxylic acids is 1. The van der Waals surface area contributed by atoms with Crippen molar-refractivity contribution in [3.63, 3.8) is 0 Å². The molecule has 0 aliphatic heterocycles. The third-order valence-electron chi connectivity index (χ3n) is 1.42. The monoisotopic (exact) mass is 249 g/mol. The summed E-state index contributed by atoms with van der Waals surface area (Å²) < 4.78 is 31.6. The molecule has 90 valence electrons. The summed E-state index contributed by atoms with van der Waals surface area (Å²) in [6.07, 6.45) is 0. The first-order valence-corrected chi connectivity index (χ1v) is 5.34. The molecule has 0 radical (unpaired) electrons. The van der Waals surface area contributed by atoms with Gasteiger partial charge in [-0.05, 0) is 5.56 Å². The lowest BCUT2D eigenvalue weighted by atomic mass is 10.1. The van der Waals surface area contributed by atoms with Crippen molar-refractivity contribution in [2.75, 3.05) is 0 Å². The van der Waals surface area contributed by atoms with Crippen LogP contribution in [0.2, 0.25) is 0 Å². The van der Waals surface area contributed by atoms with Crippen LogP contribution in [0, 0.1) is 0 Å². The molecule has 7 nitrogen and oxygen atoms in total. The Kier molecular flexibility index (Phi) is 5.61. The molecule has 0 amide bonds. The van der Waals surface area contributed by atoms with Crippen LogP contribution in [0.25, 0.3) is 0 Å². The van der Waals surface area contributed by atoms with Crippen molar-refractivity contribution in [2.24, 2.45) is 5.73 Å². The molecule has 0 heterocycles. The first kappa shape index (κ1) is 14.5. The van der Waals surface area contributed by atoms with Crippen LogP contribution >= 0.6 is 0 Å². The van der Waals surface area contributed by atoms with Gasteiger partial charge < -0.3 is 10.8 Å². The van der Waals surface area contributed by atoms with Crippen molar-refractivity contribution in [1.82, 2.24) is 0 Å². The number of carbonyl (C=O) groups is 1. The fourth-order valence-corrected chi connectivity index (χ4v) is 0.803. The molecule has 1 aromatic carbocycles. The second kappa shape index (κ2) is 6.18. The van der Waals surface area contributed by atoms with Gasteiger partial charge in [0.25, 0.3) is 0 Å². The minimum Gasteiger partial charge on any atom is -0.480 e. The molecule has 0 saturated carbocycles. The molecule has 16 heavy (non-hydrogen) atoms. The van der Waals surface area contributed by atoms with Gasteiger partial charge in [0.05, 0.1) is 0 Å². The highest BCUT2D eigenvalue weighted by molar-refractivity contribution is 7.79. The molecule has 0 fully saturated rings. The van der Waals surface area contributed by atoms with Crippen LogP contribution in [0.1, 0.15) is 11.6 Å². The number of rotatable bonds is 2. The predicted octanol–water partition coefficient (Wildman–Crippen LogP) is 0.118. The predicted molar refractivity (Wildman–Crippen MR) is 55.2 cm³/mol. The van der Waals surface area contributed by atoms with Crippen LogP contribution in [-0.2, 0) is 15.2 Å². The molecule has 0 bridgehead atoms. The first-order chi connectivity index (χ1) is 7.22. The number of carboxylic acids is 1. The molecule has 1 aromatic rings. The lowest BCUT2D eigenvalue weighted by Crippen LogP contribution is -2.20. The van der Waals surface area contributed by atoms with E-state index < -0.39 is 22.4 Å². The highest BCUT2D eigenvalue weighted by Crippen LogP contribution is 2.08. The summed E-state index contributed by atoms with van der Waals surface area (Å²) in [5.74, 6) is -1.00. The van der Waals surface area contributed by atoms with Crippen molar-refractivity contribution < 1.29 is 27.4 Å². The topological polar surface area (TPSA) is 138 Å². The summed E-state index contributed by atoms with van der Waals surface area (Å²) in [4.78, 5) is 10.4. The van der Waals surface area contributed by atoms with E-state index in [4.69, 9.17) is 28.4 Å². The van der Waals surface area contributed by atoms with Crippen LogP contribution in [0.4, 0.5) is 0 Å². The summed E-state index contributed by atoms with van der Waals surface area (Å²) in [5.41, 5.74) is 5.96. The summed E-state index contributed by atoms with van der Waals surface area (Å²) in [5, 5.41) is 8.51.